The maximum atomic E-state index is 9.86. The third-order valence-corrected chi connectivity index (χ3v) is 3.13. The monoisotopic (exact) mass is 232 g/mol. The van der Waals surface area contributed by atoms with Crippen molar-refractivity contribution in [3.63, 3.8) is 0 Å². The number of hydrogen-bond donors (Lipinski definition) is 1. The average molecular weight is 233 g/mol. The van der Waals surface area contributed by atoms with Crippen molar-refractivity contribution >= 4 is 33.4 Å². The van der Waals surface area contributed by atoms with E-state index in [0.717, 1.165) is 21.8 Å². The maximum Gasteiger partial charge on any atom is 0.153 e. The van der Waals surface area contributed by atoms with E-state index in [1.165, 1.54) is 0 Å². The van der Waals surface area contributed by atoms with Crippen molar-refractivity contribution in [3.8, 4) is 5.75 Å². The highest BCUT2D eigenvalue weighted by atomic mass is 35.5. The maximum absolute atomic E-state index is 9.86. The summed E-state index contributed by atoms with van der Waals surface area (Å²) in [4.78, 5) is 4.06. The molecule has 3 nitrogen and oxygen atoms in total. The summed E-state index contributed by atoms with van der Waals surface area (Å²) in [5, 5.41) is 12.3. The van der Waals surface area contributed by atoms with Crippen LogP contribution >= 0.6 is 11.6 Å². The van der Waals surface area contributed by atoms with Crippen molar-refractivity contribution in [2.45, 2.75) is 0 Å². The van der Waals surface area contributed by atoms with Gasteiger partial charge in [-0.2, -0.15) is 0 Å². The molecule has 0 aliphatic carbocycles. The van der Waals surface area contributed by atoms with Crippen LogP contribution in [-0.2, 0) is 7.05 Å². The zero-order chi connectivity index (χ0) is 11.3. The molecular weight excluding hydrogens is 224 g/mol. The van der Waals surface area contributed by atoms with Crippen LogP contribution in [0.3, 0.4) is 0 Å². The van der Waals surface area contributed by atoms with Crippen LogP contribution in [0.2, 0.25) is 5.15 Å². The van der Waals surface area contributed by atoms with Gasteiger partial charge in [0, 0.05) is 24.0 Å². The van der Waals surface area contributed by atoms with Gasteiger partial charge in [0.15, 0.2) is 5.15 Å². The smallest absolute Gasteiger partial charge is 0.153 e. The second kappa shape index (κ2) is 3.12. The molecular formula is C12H9ClN2O. The van der Waals surface area contributed by atoms with Gasteiger partial charge in [-0.3, -0.25) is 0 Å². The summed E-state index contributed by atoms with van der Waals surface area (Å²) in [6.45, 7) is 0. The number of aromatic nitrogens is 2. The Morgan fingerprint density at radius 1 is 1.19 bits per heavy atom. The van der Waals surface area contributed by atoms with E-state index < -0.39 is 0 Å². The molecule has 0 aliphatic heterocycles. The van der Waals surface area contributed by atoms with E-state index in [0.29, 0.717) is 5.15 Å². The quantitative estimate of drug-likeness (QED) is 0.605. The number of benzene rings is 1. The molecule has 3 rings (SSSR count). The molecule has 0 spiro atoms. The first kappa shape index (κ1) is 9.48. The lowest BCUT2D eigenvalue weighted by Crippen LogP contribution is -1.88. The Kier molecular flexibility index (Phi) is 1.85. The Morgan fingerprint density at radius 3 is 2.75 bits per heavy atom. The summed E-state index contributed by atoms with van der Waals surface area (Å²) < 4.78 is 1.87. The molecule has 0 atom stereocenters. The van der Waals surface area contributed by atoms with Crippen LogP contribution in [0.25, 0.3) is 21.8 Å². The lowest BCUT2D eigenvalue weighted by Gasteiger charge is -2.00. The molecule has 0 unspecified atom stereocenters. The molecule has 1 aromatic carbocycles. The van der Waals surface area contributed by atoms with Gasteiger partial charge in [-0.15, -0.1) is 0 Å². The number of aromatic hydroxyl groups is 1. The fraction of sp³-hybridized carbons (Fsp3) is 0.0833. The first-order valence-corrected chi connectivity index (χ1v) is 5.28. The molecule has 0 saturated heterocycles. The lowest BCUT2D eigenvalue weighted by molar-refractivity contribution is 0.479. The van der Waals surface area contributed by atoms with E-state index in [1.54, 1.807) is 12.3 Å². The van der Waals surface area contributed by atoms with Gasteiger partial charge in [0.1, 0.15) is 5.75 Å². The first-order valence-electron chi connectivity index (χ1n) is 4.90. The zero-order valence-corrected chi connectivity index (χ0v) is 9.36. The number of phenolic OH excluding ortho intramolecular Hbond substituents is 1. The molecule has 2 heterocycles. The lowest BCUT2D eigenvalue weighted by atomic mass is 10.2. The minimum atomic E-state index is 0.257. The highest BCUT2D eigenvalue weighted by Gasteiger charge is 2.13. The third-order valence-electron chi connectivity index (χ3n) is 2.86. The fourth-order valence-electron chi connectivity index (χ4n) is 2.18. The second-order valence-corrected chi connectivity index (χ2v) is 4.09. The molecule has 1 N–H and O–H groups in total. The van der Waals surface area contributed by atoms with Gasteiger partial charge in [0.05, 0.1) is 11.0 Å². The predicted octanol–water partition coefficient (Wildman–Crippen LogP) is 3.09. The summed E-state index contributed by atoms with van der Waals surface area (Å²) in [5.74, 6) is 0.257. The summed E-state index contributed by atoms with van der Waals surface area (Å²) in [7, 11) is 1.87. The normalized spacial score (nSPS) is 11.4. The van der Waals surface area contributed by atoms with Crippen molar-refractivity contribution in [1.29, 1.82) is 0 Å². The van der Waals surface area contributed by atoms with E-state index in [-0.39, 0.29) is 5.75 Å². The summed E-state index contributed by atoms with van der Waals surface area (Å²) in [6.07, 6.45) is 1.67. The van der Waals surface area contributed by atoms with Gasteiger partial charge in [-0.05, 0) is 12.1 Å². The number of halogens is 1. The van der Waals surface area contributed by atoms with E-state index in [9.17, 15) is 5.11 Å². The number of fused-ring (bicyclic) bond motifs is 3. The number of hydrogen-bond acceptors (Lipinski definition) is 2. The molecule has 16 heavy (non-hydrogen) atoms. The summed E-state index contributed by atoms with van der Waals surface area (Å²) in [5.41, 5.74) is 1.63. The standard InChI is InChI=1S/C12H9ClN2O/c1-15-10-7(3-2-4-9(10)16)8-5-6-14-12(13)11(8)15/h2-6,16H,1H3. The van der Waals surface area contributed by atoms with Crippen LogP contribution in [-0.4, -0.2) is 14.7 Å². The molecule has 3 aromatic rings. The zero-order valence-electron chi connectivity index (χ0n) is 8.61. The Morgan fingerprint density at radius 2 is 1.94 bits per heavy atom. The molecule has 0 amide bonds. The van der Waals surface area contributed by atoms with Crippen molar-refractivity contribution in [3.05, 3.63) is 35.6 Å². The van der Waals surface area contributed by atoms with Gasteiger partial charge < -0.3 is 9.67 Å². The van der Waals surface area contributed by atoms with Crippen molar-refractivity contribution in [2.75, 3.05) is 0 Å². The SMILES string of the molecule is Cn1c2c(O)cccc2c2ccnc(Cl)c21. The highest BCUT2D eigenvalue weighted by molar-refractivity contribution is 6.35. The minimum absolute atomic E-state index is 0.257. The van der Waals surface area contributed by atoms with Crippen molar-refractivity contribution in [2.24, 2.45) is 7.05 Å². The predicted molar refractivity (Wildman–Crippen MR) is 64.9 cm³/mol. The summed E-state index contributed by atoms with van der Waals surface area (Å²) in [6, 6.07) is 7.37. The number of rotatable bonds is 0. The molecule has 0 aliphatic rings. The summed E-state index contributed by atoms with van der Waals surface area (Å²) >= 11 is 6.07. The van der Waals surface area contributed by atoms with Crippen LogP contribution in [0.5, 0.6) is 5.75 Å². The minimum Gasteiger partial charge on any atom is -0.506 e. The Labute approximate surface area is 96.9 Å². The van der Waals surface area contributed by atoms with E-state index in [2.05, 4.69) is 4.98 Å². The van der Waals surface area contributed by atoms with Crippen LogP contribution in [0, 0.1) is 0 Å². The topological polar surface area (TPSA) is 38.0 Å². The van der Waals surface area contributed by atoms with Crippen molar-refractivity contribution < 1.29 is 5.11 Å². The molecule has 80 valence electrons. The van der Waals surface area contributed by atoms with Crippen molar-refractivity contribution in [1.82, 2.24) is 9.55 Å². The van der Waals surface area contributed by atoms with Gasteiger partial charge in [0.25, 0.3) is 0 Å². The molecule has 4 heteroatoms. The van der Waals surface area contributed by atoms with Gasteiger partial charge in [-0.25, -0.2) is 4.98 Å². The van der Waals surface area contributed by atoms with Crippen LogP contribution in [0.15, 0.2) is 30.5 Å². The molecule has 0 radical (unpaired) electrons. The van der Waals surface area contributed by atoms with E-state index in [1.807, 2.05) is 29.8 Å². The van der Waals surface area contributed by atoms with Gasteiger partial charge in [-0.1, -0.05) is 23.7 Å². The van der Waals surface area contributed by atoms with Crippen LogP contribution in [0.1, 0.15) is 0 Å². The molecule has 0 saturated carbocycles. The average Bonchev–Trinajstić information content (AvgIpc) is 2.56. The highest BCUT2D eigenvalue weighted by Crippen LogP contribution is 2.35. The number of aryl methyl sites for hydroxylation is 1. The Hall–Kier alpha value is -1.74. The fourth-order valence-corrected chi connectivity index (χ4v) is 2.46. The Balaban J connectivity index is 2.70. The largest absolute Gasteiger partial charge is 0.506 e. The molecule has 2 aromatic heterocycles. The second-order valence-electron chi connectivity index (χ2n) is 3.73. The van der Waals surface area contributed by atoms with Crippen LogP contribution < -0.4 is 0 Å². The Bertz CT molecular complexity index is 644. The molecule has 0 bridgehead atoms. The number of para-hydroxylation sites is 1. The molecule has 0 fully saturated rings. The number of nitrogens with zero attached hydrogens (tertiary/aromatic N) is 2. The van der Waals surface area contributed by atoms with Gasteiger partial charge in [0.2, 0.25) is 0 Å². The first-order chi connectivity index (χ1) is 7.70. The third kappa shape index (κ3) is 1.06. The van der Waals surface area contributed by atoms with E-state index >= 15 is 0 Å². The van der Waals surface area contributed by atoms with E-state index in [4.69, 9.17) is 11.6 Å². The number of phenols is 1. The van der Waals surface area contributed by atoms with Crippen LogP contribution in [0.4, 0.5) is 0 Å². The van der Waals surface area contributed by atoms with Gasteiger partial charge >= 0.3 is 0 Å². The number of pyridine rings is 1.